The second-order valence-corrected chi connectivity index (χ2v) is 5.80. The van der Waals surface area contributed by atoms with E-state index in [9.17, 15) is 4.79 Å². The Kier molecular flexibility index (Phi) is 2.83. The fourth-order valence-corrected chi connectivity index (χ4v) is 3.40. The Balaban J connectivity index is 2.41. The molecule has 18 heavy (non-hydrogen) atoms. The third-order valence-corrected chi connectivity index (χ3v) is 4.46. The quantitative estimate of drug-likeness (QED) is 0.726. The lowest BCUT2D eigenvalue weighted by atomic mass is 9.95. The van der Waals surface area contributed by atoms with Crippen LogP contribution in [0, 0.1) is 0 Å². The topological polar surface area (TPSA) is 22.0 Å². The number of carbonyl (C=O) groups is 1. The molecule has 0 amide bonds. The molecule has 0 saturated carbocycles. The molecule has 0 fully saturated rings. The Hall–Kier alpha value is -1.06. The molecule has 0 spiro atoms. The van der Waals surface area contributed by atoms with Crippen LogP contribution in [0.5, 0.6) is 0 Å². The molecule has 0 N–H and O–H groups in total. The minimum Gasteiger partial charge on any atom is -0.343 e. The van der Waals surface area contributed by atoms with Gasteiger partial charge in [-0.1, -0.05) is 27.5 Å². The van der Waals surface area contributed by atoms with Crippen molar-refractivity contribution in [3.63, 3.8) is 0 Å². The number of hydrogen-bond donors (Lipinski definition) is 0. The molecule has 2 aromatic rings. The highest BCUT2D eigenvalue weighted by molar-refractivity contribution is 9.10. The van der Waals surface area contributed by atoms with E-state index >= 15 is 0 Å². The van der Waals surface area contributed by atoms with Gasteiger partial charge in [-0.05, 0) is 36.6 Å². The van der Waals surface area contributed by atoms with Crippen molar-refractivity contribution >= 4 is 49.8 Å². The van der Waals surface area contributed by atoms with Gasteiger partial charge >= 0.3 is 0 Å². The van der Waals surface area contributed by atoms with E-state index in [4.69, 9.17) is 11.6 Å². The molecule has 2 nitrogen and oxygen atoms in total. The maximum atomic E-state index is 11.0. The average Bonchev–Trinajstić information content (AvgIpc) is 2.64. The van der Waals surface area contributed by atoms with Gasteiger partial charge in [0.15, 0.2) is 0 Å². The molecule has 0 bridgehead atoms. The molecule has 0 unspecified atom stereocenters. The standard InChI is InChI=1S/C14H11BrClNO/c1-17-12-5-3-9(15)6-11(12)10-4-2-8(7-18)13(16)14(10)17/h3,5-7H,2,4H2,1H3. The number of aldehydes is 1. The summed E-state index contributed by atoms with van der Waals surface area (Å²) in [5, 5.41) is 1.81. The molecule has 3 rings (SSSR count). The van der Waals surface area contributed by atoms with E-state index in [2.05, 4.69) is 32.6 Å². The van der Waals surface area contributed by atoms with Crippen LogP contribution in [0.15, 0.2) is 28.2 Å². The van der Waals surface area contributed by atoms with Crippen molar-refractivity contribution in [3.05, 3.63) is 39.5 Å². The summed E-state index contributed by atoms with van der Waals surface area (Å²) in [7, 11) is 1.99. The number of rotatable bonds is 1. The summed E-state index contributed by atoms with van der Waals surface area (Å²) < 4.78 is 3.13. The van der Waals surface area contributed by atoms with Gasteiger partial charge in [0.25, 0.3) is 0 Å². The molecule has 92 valence electrons. The third kappa shape index (κ3) is 1.57. The Morgan fingerprint density at radius 1 is 1.39 bits per heavy atom. The Morgan fingerprint density at radius 2 is 2.17 bits per heavy atom. The summed E-state index contributed by atoms with van der Waals surface area (Å²) in [6.45, 7) is 0. The van der Waals surface area contributed by atoms with Crippen LogP contribution in [0.1, 0.15) is 17.7 Å². The Labute approximate surface area is 118 Å². The molecule has 1 aliphatic carbocycles. The molecule has 1 aliphatic rings. The van der Waals surface area contributed by atoms with E-state index in [1.165, 1.54) is 10.9 Å². The first-order valence-electron chi connectivity index (χ1n) is 5.74. The molecule has 4 heteroatoms. The lowest BCUT2D eigenvalue weighted by Gasteiger charge is -2.14. The predicted octanol–water partition coefficient (Wildman–Crippen LogP) is 4.04. The lowest BCUT2D eigenvalue weighted by molar-refractivity contribution is -0.105. The van der Waals surface area contributed by atoms with Gasteiger partial charge in [0.1, 0.15) is 6.29 Å². The zero-order valence-corrected chi connectivity index (χ0v) is 12.2. The lowest BCUT2D eigenvalue weighted by Crippen LogP contribution is -2.05. The van der Waals surface area contributed by atoms with Crippen LogP contribution in [-0.2, 0) is 18.3 Å². The van der Waals surface area contributed by atoms with Crippen molar-refractivity contribution in [2.75, 3.05) is 0 Å². The molecule has 0 atom stereocenters. The van der Waals surface area contributed by atoms with E-state index in [0.29, 0.717) is 10.6 Å². The van der Waals surface area contributed by atoms with E-state index < -0.39 is 0 Å². The molecule has 1 heterocycles. The number of benzene rings is 1. The van der Waals surface area contributed by atoms with Crippen LogP contribution in [-0.4, -0.2) is 10.9 Å². The Bertz CT molecular complexity index is 699. The maximum absolute atomic E-state index is 11.0. The van der Waals surface area contributed by atoms with Gasteiger partial charge in [-0.3, -0.25) is 4.79 Å². The monoisotopic (exact) mass is 323 g/mol. The van der Waals surface area contributed by atoms with Gasteiger partial charge in [0.2, 0.25) is 0 Å². The summed E-state index contributed by atoms with van der Waals surface area (Å²) in [5.74, 6) is 0. The first kappa shape index (κ1) is 12.0. The highest BCUT2D eigenvalue weighted by Gasteiger charge is 2.23. The van der Waals surface area contributed by atoms with Crippen molar-refractivity contribution < 1.29 is 4.79 Å². The first-order chi connectivity index (χ1) is 8.63. The molecular weight excluding hydrogens is 314 g/mol. The highest BCUT2D eigenvalue weighted by Crippen LogP contribution is 2.39. The largest absolute Gasteiger partial charge is 0.343 e. The zero-order chi connectivity index (χ0) is 12.9. The minimum absolute atomic E-state index is 0.598. The number of hydrogen-bond acceptors (Lipinski definition) is 1. The number of aromatic nitrogens is 1. The molecule has 0 aliphatic heterocycles. The second-order valence-electron chi connectivity index (χ2n) is 4.50. The number of aryl methyl sites for hydroxylation is 2. The zero-order valence-electron chi connectivity index (χ0n) is 9.84. The van der Waals surface area contributed by atoms with Crippen LogP contribution < -0.4 is 0 Å². The van der Waals surface area contributed by atoms with Crippen LogP contribution >= 0.6 is 27.5 Å². The summed E-state index contributed by atoms with van der Waals surface area (Å²) in [6, 6.07) is 6.21. The van der Waals surface area contributed by atoms with E-state index in [1.807, 2.05) is 13.1 Å². The van der Waals surface area contributed by atoms with Crippen LogP contribution in [0.2, 0.25) is 0 Å². The first-order valence-corrected chi connectivity index (χ1v) is 6.91. The fraction of sp³-hybridized carbons (Fsp3) is 0.214. The van der Waals surface area contributed by atoms with Crippen LogP contribution in [0.25, 0.3) is 15.9 Å². The van der Waals surface area contributed by atoms with Crippen molar-refractivity contribution in [1.82, 2.24) is 4.57 Å². The van der Waals surface area contributed by atoms with Crippen LogP contribution in [0.3, 0.4) is 0 Å². The second kappa shape index (κ2) is 4.25. The van der Waals surface area contributed by atoms with Gasteiger partial charge < -0.3 is 4.57 Å². The van der Waals surface area contributed by atoms with Crippen molar-refractivity contribution in [2.24, 2.45) is 7.05 Å². The molecule has 1 aromatic heterocycles. The van der Waals surface area contributed by atoms with E-state index in [0.717, 1.165) is 34.8 Å². The molecule has 0 saturated heterocycles. The number of halogens is 2. The third-order valence-electron chi connectivity index (χ3n) is 3.54. The number of allylic oxidation sites excluding steroid dienone is 1. The van der Waals surface area contributed by atoms with Crippen molar-refractivity contribution in [1.29, 1.82) is 0 Å². The number of carbonyl (C=O) groups excluding carboxylic acids is 1. The van der Waals surface area contributed by atoms with Crippen molar-refractivity contribution in [2.45, 2.75) is 12.8 Å². The smallest absolute Gasteiger partial charge is 0.147 e. The van der Waals surface area contributed by atoms with Crippen molar-refractivity contribution in [3.8, 4) is 0 Å². The van der Waals surface area contributed by atoms with Gasteiger partial charge in [0, 0.05) is 28.0 Å². The highest BCUT2D eigenvalue weighted by atomic mass is 79.9. The SMILES string of the molecule is Cn1c2c(c3cc(Br)ccc31)CCC(C=O)=C2Cl. The number of fused-ring (bicyclic) bond motifs is 3. The van der Waals surface area contributed by atoms with Gasteiger partial charge in [0.05, 0.1) is 10.7 Å². The van der Waals surface area contributed by atoms with Gasteiger partial charge in [-0.15, -0.1) is 0 Å². The molecule has 1 aromatic carbocycles. The summed E-state index contributed by atoms with van der Waals surface area (Å²) in [5.41, 5.74) is 4.07. The van der Waals surface area contributed by atoms with E-state index in [1.54, 1.807) is 0 Å². The predicted molar refractivity (Wildman–Crippen MR) is 77.8 cm³/mol. The molecule has 0 radical (unpaired) electrons. The number of nitrogens with zero attached hydrogens (tertiary/aromatic N) is 1. The summed E-state index contributed by atoms with van der Waals surface area (Å²) >= 11 is 9.85. The maximum Gasteiger partial charge on any atom is 0.147 e. The minimum atomic E-state index is 0.598. The summed E-state index contributed by atoms with van der Waals surface area (Å²) in [4.78, 5) is 11.0. The van der Waals surface area contributed by atoms with Gasteiger partial charge in [-0.25, -0.2) is 0 Å². The van der Waals surface area contributed by atoms with Gasteiger partial charge in [-0.2, -0.15) is 0 Å². The average molecular weight is 325 g/mol. The summed E-state index contributed by atoms with van der Waals surface area (Å²) in [6.07, 6.45) is 2.47. The normalized spacial score (nSPS) is 15.1. The van der Waals surface area contributed by atoms with Crippen LogP contribution in [0.4, 0.5) is 0 Å². The Morgan fingerprint density at radius 3 is 2.89 bits per heavy atom. The molecular formula is C14H11BrClNO. The fourth-order valence-electron chi connectivity index (χ4n) is 2.66. The van der Waals surface area contributed by atoms with E-state index in [-0.39, 0.29) is 0 Å².